The molecule has 0 saturated carbocycles. The Morgan fingerprint density at radius 3 is 2.48 bits per heavy atom. The zero-order valence-electron chi connectivity index (χ0n) is 18.1. The summed E-state index contributed by atoms with van der Waals surface area (Å²) in [6, 6.07) is 8.29. The Hall–Kier alpha value is -2.95. The fourth-order valence-corrected chi connectivity index (χ4v) is 6.26. The molecule has 0 amide bonds. The van der Waals surface area contributed by atoms with Gasteiger partial charge in [-0.25, -0.2) is 0 Å². The third kappa shape index (κ3) is 3.01. The number of carbonyl (C=O) groups excluding carboxylic acids is 2. The molecule has 2 aromatic rings. The maximum Gasteiger partial charge on any atom is 0.201 e. The summed E-state index contributed by atoms with van der Waals surface area (Å²) >= 11 is 0. The number of fused-ring (bicyclic) bond motifs is 3. The first-order valence-electron chi connectivity index (χ1n) is 10.5. The van der Waals surface area contributed by atoms with Gasteiger partial charge in [0, 0.05) is 28.2 Å². The molecule has 2 aliphatic carbocycles. The van der Waals surface area contributed by atoms with Crippen molar-refractivity contribution in [2.24, 2.45) is 5.92 Å². The standard InChI is InChI=1S/C24H25NO5Si/c1-5-13-9-10-14-17(24(13,12-25)30-31(2,3)4)11-16-20(22(14)28)23(29)19-15(21(16)27)7-6-8-18(19)26/h6-8,11,13,26,28H,5,9-10H2,1-4H3/t13-,24+/m0/s1. The number of nitrogens with zero attached hydrogens (tertiary/aromatic N) is 1. The highest BCUT2D eigenvalue weighted by Gasteiger charge is 2.50. The molecule has 2 atom stereocenters. The molecule has 0 aliphatic heterocycles. The highest BCUT2D eigenvalue weighted by Crippen LogP contribution is 2.50. The van der Waals surface area contributed by atoms with Gasteiger partial charge in [0.2, 0.25) is 5.78 Å². The molecule has 0 spiro atoms. The van der Waals surface area contributed by atoms with Gasteiger partial charge in [-0.05, 0) is 51.0 Å². The van der Waals surface area contributed by atoms with Crippen LogP contribution in [0.5, 0.6) is 11.5 Å². The summed E-state index contributed by atoms with van der Waals surface area (Å²) in [6.07, 6.45) is 1.80. The van der Waals surface area contributed by atoms with Crippen molar-refractivity contribution in [2.45, 2.75) is 51.4 Å². The van der Waals surface area contributed by atoms with Gasteiger partial charge in [0.1, 0.15) is 17.6 Å². The molecule has 0 unspecified atom stereocenters. The van der Waals surface area contributed by atoms with Crippen LogP contribution in [0.4, 0.5) is 0 Å². The number of carbonyl (C=O) groups is 2. The minimum Gasteiger partial charge on any atom is -0.507 e. The van der Waals surface area contributed by atoms with Crippen LogP contribution >= 0.6 is 0 Å². The van der Waals surface area contributed by atoms with Crippen LogP contribution in [0.25, 0.3) is 0 Å². The predicted molar refractivity (Wildman–Crippen MR) is 117 cm³/mol. The smallest absolute Gasteiger partial charge is 0.201 e. The largest absolute Gasteiger partial charge is 0.507 e. The number of hydrogen-bond donors (Lipinski definition) is 2. The van der Waals surface area contributed by atoms with Gasteiger partial charge in [-0.2, -0.15) is 5.26 Å². The summed E-state index contributed by atoms with van der Waals surface area (Å²) in [4.78, 5) is 26.5. The molecule has 2 aliphatic rings. The average Bonchev–Trinajstić information content (AvgIpc) is 2.71. The Morgan fingerprint density at radius 1 is 1.16 bits per heavy atom. The van der Waals surface area contributed by atoms with Crippen LogP contribution in [0.1, 0.15) is 62.7 Å². The van der Waals surface area contributed by atoms with Crippen molar-refractivity contribution >= 4 is 19.9 Å². The van der Waals surface area contributed by atoms with Gasteiger partial charge in [0.05, 0.1) is 11.1 Å². The molecule has 4 rings (SSSR count). The maximum absolute atomic E-state index is 13.3. The third-order valence-corrected chi connectivity index (χ3v) is 7.17. The minimum atomic E-state index is -2.20. The first kappa shape index (κ1) is 21.3. The SMILES string of the molecule is CC[C@H]1CCc2c(cc3c(c2O)C(=O)c2c(O)cccc2C3=O)[C@]1(C#N)O[Si](C)(C)C. The summed E-state index contributed by atoms with van der Waals surface area (Å²) in [5.74, 6) is -1.72. The van der Waals surface area contributed by atoms with Crippen molar-refractivity contribution in [1.82, 2.24) is 0 Å². The molecule has 0 heterocycles. The molecule has 6 nitrogen and oxygen atoms in total. The molecule has 2 aromatic carbocycles. The second-order valence-electron chi connectivity index (χ2n) is 9.24. The topological polar surface area (TPSA) is 108 Å². The first-order chi connectivity index (χ1) is 14.6. The quantitative estimate of drug-likeness (QED) is 0.590. The number of phenolic OH excluding ortho intramolecular Hbond substituents is 2. The number of phenols is 2. The Balaban J connectivity index is 2.03. The highest BCUT2D eigenvalue weighted by atomic mass is 28.4. The van der Waals surface area contributed by atoms with Crippen molar-refractivity contribution in [3.63, 3.8) is 0 Å². The zero-order chi connectivity index (χ0) is 22.7. The normalized spacial score (nSPS) is 22.4. The van der Waals surface area contributed by atoms with Gasteiger partial charge < -0.3 is 14.6 Å². The summed E-state index contributed by atoms with van der Waals surface area (Å²) < 4.78 is 6.47. The summed E-state index contributed by atoms with van der Waals surface area (Å²) in [5.41, 5.74) is -0.389. The van der Waals surface area contributed by atoms with Gasteiger partial charge in [-0.3, -0.25) is 9.59 Å². The third-order valence-electron chi connectivity index (χ3n) is 6.24. The molecule has 160 valence electrons. The number of ketones is 2. The van der Waals surface area contributed by atoms with E-state index in [1.54, 1.807) is 6.07 Å². The van der Waals surface area contributed by atoms with Crippen LogP contribution in [0, 0.1) is 17.2 Å². The lowest BCUT2D eigenvalue weighted by Crippen LogP contribution is -2.47. The van der Waals surface area contributed by atoms with Crippen LogP contribution in [0.3, 0.4) is 0 Å². The van der Waals surface area contributed by atoms with Gasteiger partial charge in [-0.1, -0.05) is 19.1 Å². The fraction of sp³-hybridized carbons (Fsp3) is 0.375. The Labute approximate surface area is 182 Å². The monoisotopic (exact) mass is 435 g/mol. The minimum absolute atomic E-state index is 0.0508. The number of aromatic hydroxyl groups is 2. The Kier molecular flexibility index (Phi) is 4.84. The lowest BCUT2D eigenvalue weighted by atomic mass is 9.68. The van der Waals surface area contributed by atoms with E-state index in [0.717, 1.165) is 0 Å². The predicted octanol–water partition coefficient (Wildman–Crippen LogP) is 4.42. The molecule has 0 aromatic heterocycles. The van der Waals surface area contributed by atoms with Crippen LogP contribution in [-0.4, -0.2) is 30.1 Å². The molecular weight excluding hydrogens is 410 g/mol. The van der Waals surface area contributed by atoms with Gasteiger partial charge in [-0.15, -0.1) is 0 Å². The van der Waals surface area contributed by atoms with Gasteiger partial charge in [0.15, 0.2) is 19.7 Å². The van der Waals surface area contributed by atoms with E-state index in [1.807, 2.05) is 26.6 Å². The highest BCUT2D eigenvalue weighted by molar-refractivity contribution is 6.69. The molecule has 0 fully saturated rings. The van der Waals surface area contributed by atoms with E-state index in [-0.39, 0.29) is 39.7 Å². The van der Waals surface area contributed by atoms with Crippen LogP contribution in [-0.2, 0) is 16.4 Å². The Morgan fingerprint density at radius 2 is 1.87 bits per heavy atom. The van der Waals surface area contributed by atoms with E-state index in [0.29, 0.717) is 30.4 Å². The van der Waals surface area contributed by atoms with Crippen LogP contribution < -0.4 is 0 Å². The van der Waals surface area contributed by atoms with E-state index in [2.05, 4.69) is 6.07 Å². The lowest BCUT2D eigenvalue weighted by molar-refractivity contribution is 0.0352. The van der Waals surface area contributed by atoms with E-state index < -0.39 is 25.5 Å². The van der Waals surface area contributed by atoms with Gasteiger partial charge in [0.25, 0.3) is 0 Å². The lowest BCUT2D eigenvalue weighted by Gasteiger charge is -2.44. The number of hydrogen-bond acceptors (Lipinski definition) is 6. The fourth-order valence-electron chi connectivity index (χ4n) is 4.97. The summed E-state index contributed by atoms with van der Waals surface area (Å²) in [7, 11) is -2.20. The molecule has 0 bridgehead atoms. The van der Waals surface area contributed by atoms with Crippen LogP contribution in [0.15, 0.2) is 24.3 Å². The molecular formula is C24H25NO5Si. The summed E-state index contributed by atoms with van der Waals surface area (Å²) in [5, 5.41) is 31.7. The average molecular weight is 436 g/mol. The second kappa shape index (κ2) is 7.04. The molecule has 0 saturated heterocycles. The van der Waals surface area contributed by atoms with Crippen molar-refractivity contribution in [3.8, 4) is 17.6 Å². The maximum atomic E-state index is 13.3. The number of rotatable bonds is 3. The second-order valence-corrected chi connectivity index (χ2v) is 13.7. The van der Waals surface area contributed by atoms with Crippen molar-refractivity contribution in [3.05, 3.63) is 57.6 Å². The Bertz CT molecular complexity index is 1170. The molecule has 0 radical (unpaired) electrons. The van der Waals surface area contributed by atoms with E-state index >= 15 is 0 Å². The van der Waals surface area contributed by atoms with E-state index in [9.17, 15) is 25.1 Å². The van der Waals surface area contributed by atoms with E-state index in [4.69, 9.17) is 4.43 Å². The number of nitriles is 1. The van der Waals surface area contributed by atoms with Crippen molar-refractivity contribution in [1.29, 1.82) is 5.26 Å². The zero-order valence-corrected chi connectivity index (χ0v) is 19.1. The molecule has 7 heteroatoms. The van der Waals surface area contributed by atoms with Gasteiger partial charge >= 0.3 is 0 Å². The van der Waals surface area contributed by atoms with E-state index in [1.165, 1.54) is 18.2 Å². The molecule has 2 N–H and O–H groups in total. The van der Waals surface area contributed by atoms with Crippen molar-refractivity contribution in [2.75, 3.05) is 0 Å². The van der Waals surface area contributed by atoms with Crippen molar-refractivity contribution < 1.29 is 24.2 Å². The first-order valence-corrected chi connectivity index (χ1v) is 13.9. The summed E-state index contributed by atoms with van der Waals surface area (Å²) in [6.45, 7) is 8.00. The number of benzene rings is 2. The molecule has 31 heavy (non-hydrogen) atoms. The van der Waals surface area contributed by atoms with Crippen LogP contribution in [0.2, 0.25) is 19.6 Å².